The summed E-state index contributed by atoms with van der Waals surface area (Å²) in [4.78, 5) is 23.3. The third-order valence-corrected chi connectivity index (χ3v) is 4.76. The number of alkyl halides is 1. The Morgan fingerprint density at radius 3 is 2.77 bits per heavy atom. The smallest absolute Gasteiger partial charge is 0.338 e. The van der Waals surface area contributed by atoms with Crippen molar-refractivity contribution in [1.29, 1.82) is 0 Å². The van der Waals surface area contributed by atoms with Gasteiger partial charge in [-0.15, -0.1) is 0 Å². The van der Waals surface area contributed by atoms with Crippen LogP contribution >= 0.6 is 12.1 Å². The minimum Gasteiger partial charge on any atom is -0.478 e. The molecule has 3 rings (SSSR count). The summed E-state index contributed by atoms with van der Waals surface area (Å²) in [7, 11) is 1.57. The highest BCUT2D eigenvalue weighted by Gasteiger charge is 2.25. The van der Waals surface area contributed by atoms with Gasteiger partial charge in [0.15, 0.2) is 0 Å². The van der Waals surface area contributed by atoms with Crippen LogP contribution in [-0.2, 0) is 7.05 Å². The number of fused-ring (bicyclic) bond motifs is 1. The van der Waals surface area contributed by atoms with Gasteiger partial charge < -0.3 is 5.11 Å². The lowest BCUT2D eigenvalue weighted by molar-refractivity contribution is 0.0692. The molecule has 0 spiro atoms. The molecule has 1 fully saturated rings. The van der Waals surface area contributed by atoms with Crippen LogP contribution in [0.3, 0.4) is 0 Å². The normalized spacial score (nSPS) is 19.1. The predicted octanol–water partition coefficient (Wildman–Crippen LogP) is 1.63. The van der Waals surface area contributed by atoms with Crippen LogP contribution in [0.25, 0.3) is 10.9 Å². The Morgan fingerprint density at radius 2 is 2.18 bits per heavy atom. The second-order valence-corrected chi connectivity index (χ2v) is 6.14. The third-order valence-electron chi connectivity index (χ3n) is 3.63. The molecule has 1 aromatic carbocycles. The zero-order valence-corrected chi connectivity index (χ0v) is 12.4. The number of carboxylic acids is 1. The van der Waals surface area contributed by atoms with Crippen molar-refractivity contribution >= 4 is 29.0 Å². The van der Waals surface area contributed by atoms with E-state index < -0.39 is 29.1 Å². The number of benzene rings is 1. The van der Waals surface area contributed by atoms with Crippen molar-refractivity contribution in [1.82, 2.24) is 13.1 Å². The molecule has 0 radical (unpaired) electrons. The average molecular weight is 329 g/mol. The molecule has 1 saturated heterocycles. The van der Waals surface area contributed by atoms with Crippen molar-refractivity contribution in [2.24, 2.45) is 7.05 Å². The zero-order chi connectivity index (χ0) is 16.0. The number of nitrogens with zero attached hydrogens (tertiary/aromatic N) is 3. The minimum absolute atomic E-state index is 0.0912. The highest BCUT2D eigenvalue weighted by atomic mass is 32.2. The fourth-order valence-corrected chi connectivity index (χ4v) is 3.47. The summed E-state index contributed by atoms with van der Waals surface area (Å²) >= 11 is 1.04. The van der Waals surface area contributed by atoms with Crippen LogP contribution in [0.2, 0.25) is 0 Å². The summed E-state index contributed by atoms with van der Waals surface area (Å²) in [6, 6.07) is 2.06. The Morgan fingerprint density at radius 1 is 1.45 bits per heavy atom. The third kappa shape index (κ3) is 2.40. The molecule has 0 bridgehead atoms. The number of hydrogen-bond acceptors (Lipinski definition) is 4. The number of aromatic carboxylic acids is 1. The maximum absolute atomic E-state index is 13.7. The van der Waals surface area contributed by atoms with Gasteiger partial charge in [-0.05, 0) is 18.6 Å². The van der Waals surface area contributed by atoms with Gasteiger partial charge in [-0.3, -0.25) is 9.48 Å². The van der Waals surface area contributed by atoms with Crippen LogP contribution in [0.15, 0.2) is 16.9 Å². The first kappa shape index (κ1) is 15.0. The van der Waals surface area contributed by atoms with Crippen molar-refractivity contribution in [3.8, 4) is 0 Å². The predicted molar refractivity (Wildman–Crippen MR) is 78.2 cm³/mol. The summed E-state index contributed by atoms with van der Waals surface area (Å²) in [5.41, 5.74) is -0.636. The van der Waals surface area contributed by atoms with Crippen LogP contribution in [-0.4, -0.2) is 43.4 Å². The van der Waals surface area contributed by atoms with Crippen molar-refractivity contribution in [2.45, 2.75) is 12.6 Å². The summed E-state index contributed by atoms with van der Waals surface area (Å²) in [5, 5.41) is 9.05. The van der Waals surface area contributed by atoms with Crippen LogP contribution in [0, 0.1) is 5.82 Å². The van der Waals surface area contributed by atoms with E-state index in [1.165, 1.54) is 8.77 Å². The fourth-order valence-electron chi connectivity index (χ4n) is 2.46. The molecule has 22 heavy (non-hydrogen) atoms. The Hall–Kier alpha value is -1.87. The van der Waals surface area contributed by atoms with Gasteiger partial charge in [0.1, 0.15) is 12.0 Å². The lowest BCUT2D eigenvalue weighted by Gasteiger charge is -2.14. The number of carboxylic acid groups (broad SMARTS) is 1. The molecule has 0 amide bonds. The Bertz CT molecular complexity index is 817. The molecule has 0 aliphatic carbocycles. The molecule has 9 heteroatoms. The van der Waals surface area contributed by atoms with E-state index >= 15 is 0 Å². The van der Waals surface area contributed by atoms with Gasteiger partial charge in [-0.1, -0.05) is 0 Å². The molecule has 1 aromatic heterocycles. The Balaban J connectivity index is 2.08. The molecule has 1 aliphatic heterocycles. The largest absolute Gasteiger partial charge is 0.478 e. The highest BCUT2D eigenvalue weighted by molar-refractivity contribution is 7.95. The molecule has 2 heterocycles. The van der Waals surface area contributed by atoms with Gasteiger partial charge in [0.2, 0.25) is 0 Å². The van der Waals surface area contributed by atoms with Gasteiger partial charge >= 0.3 is 5.97 Å². The maximum Gasteiger partial charge on any atom is 0.338 e. The van der Waals surface area contributed by atoms with Crippen LogP contribution in [0.1, 0.15) is 16.8 Å². The van der Waals surface area contributed by atoms with Gasteiger partial charge in [0, 0.05) is 20.1 Å². The molecule has 1 unspecified atom stereocenters. The minimum atomic E-state index is -1.40. The monoisotopic (exact) mass is 329 g/mol. The quantitative estimate of drug-likeness (QED) is 0.867. The number of rotatable bonds is 3. The van der Waals surface area contributed by atoms with Crippen molar-refractivity contribution < 1.29 is 18.7 Å². The molecular formula is C13H13F2N3O3S. The SMILES string of the molecule is Cn1c2cc(C(=O)O)c(F)cc2c(=O)n1SN1CCC(F)C1. The second-order valence-electron chi connectivity index (χ2n) is 5.11. The van der Waals surface area contributed by atoms with Gasteiger partial charge in [0.05, 0.1) is 28.6 Å². The van der Waals surface area contributed by atoms with E-state index in [0.717, 1.165) is 24.3 Å². The molecule has 0 saturated carbocycles. The first-order chi connectivity index (χ1) is 10.4. The van der Waals surface area contributed by atoms with E-state index in [1.807, 2.05) is 0 Å². The van der Waals surface area contributed by atoms with E-state index in [9.17, 15) is 18.4 Å². The summed E-state index contributed by atoms with van der Waals surface area (Å²) in [6.45, 7) is 0.724. The molecule has 2 aromatic rings. The van der Waals surface area contributed by atoms with Crippen molar-refractivity contribution in [3.63, 3.8) is 0 Å². The number of aryl methyl sites for hydroxylation is 1. The standard InChI is InChI=1S/C13H13F2N3O3S/c1-16-11-5-8(13(20)21)10(15)4-9(11)12(19)18(16)22-17-3-2-7(14)6-17/h4-5,7H,2-3,6H2,1H3,(H,20,21). The zero-order valence-electron chi connectivity index (χ0n) is 11.6. The summed E-state index contributed by atoms with van der Waals surface area (Å²) in [5.74, 6) is -2.35. The van der Waals surface area contributed by atoms with Gasteiger partial charge in [0.25, 0.3) is 5.56 Å². The number of carbonyl (C=O) groups is 1. The Kier molecular flexibility index (Phi) is 3.69. The van der Waals surface area contributed by atoms with Crippen molar-refractivity contribution in [3.05, 3.63) is 33.9 Å². The number of halogens is 2. The van der Waals surface area contributed by atoms with E-state index in [2.05, 4.69) is 0 Å². The molecule has 1 atom stereocenters. The van der Waals surface area contributed by atoms with Gasteiger partial charge in [-0.2, -0.15) is 4.09 Å². The summed E-state index contributed by atoms with van der Waals surface area (Å²) < 4.78 is 31.4. The lowest BCUT2D eigenvalue weighted by atomic mass is 10.1. The topological polar surface area (TPSA) is 67.5 Å². The fraction of sp³-hybridized carbons (Fsp3) is 0.385. The number of aromatic nitrogens is 2. The molecule has 6 nitrogen and oxygen atoms in total. The van der Waals surface area contributed by atoms with E-state index in [4.69, 9.17) is 5.11 Å². The number of hydrogen-bond donors (Lipinski definition) is 1. The van der Waals surface area contributed by atoms with Crippen LogP contribution < -0.4 is 5.56 Å². The average Bonchev–Trinajstić information content (AvgIpc) is 2.96. The maximum atomic E-state index is 13.7. The highest BCUT2D eigenvalue weighted by Crippen LogP contribution is 2.24. The Labute approximate surface area is 128 Å². The molecule has 1 N–H and O–H groups in total. The second kappa shape index (κ2) is 5.40. The molecular weight excluding hydrogens is 316 g/mol. The lowest BCUT2D eigenvalue weighted by Crippen LogP contribution is -2.23. The van der Waals surface area contributed by atoms with Crippen LogP contribution in [0.4, 0.5) is 8.78 Å². The van der Waals surface area contributed by atoms with E-state index in [1.54, 1.807) is 11.4 Å². The molecule has 118 valence electrons. The van der Waals surface area contributed by atoms with Crippen LogP contribution in [0.5, 0.6) is 0 Å². The van der Waals surface area contributed by atoms with Gasteiger partial charge in [-0.25, -0.2) is 17.9 Å². The van der Waals surface area contributed by atoms with Crippen molar-refractivity contribution in [2.75, 3.05) is 13.1 Å². The first-order valence-corrected chi connectivity index (χ1v) is 7.33. The first-order valence-electron chi connectivity index (χ1n) is 6.60. The van der Waals surface area contributed by atoms with E-state index in [-0.39, 0.29) is 11.9 Å². The van der Waals surface area contributed by atoms with E-state index in [0.29, 0.717) is 18.5 Å². The molecule has 1 aliphatic rings. The summed E-state index contributed by atoms with van der Waals surface area (Å²) in [6.07, 6.45) is -0.516.